The van der Waals surface area contributed by atoms with Gasteiger partial charge in [0.05, 0.1) is 23.2 Å². The number of hydrogen-bond donors (Lipinski definition) is 0. The Balaban J connectivity index is 1.32. The molecule has 1 fully saturated rings. The normalized spacial score (nSPS) is 17.1. The maximum absolute atomic E-state index is 13.7. The van der Waals surface area contributed by atoms with Crippen LogP contribution in [0.15, 0.2) is 40.9 Å². The van der Waals surface area contributed by atoms with E-state index in [-0.39, 0.29) is 24.4 Å². The molecule has 0 bridgehead atoms. The number of imide groups is 1. The number of amides is 3. The van der Waals surface area contributed by atoms with Crippen LogP contribution in [0, 0.1) is 0 Å². The molecular formula is C29H32F2N6O5. The number of nitrogens with zero attached hydrogens (tertiary/aromatic N) is 6. The molecule has 11 nitrogen and oxygen atoms in total. The number of halogens is 2. The molecular weight excluding hydrogens is 550 g/mol. The largest absolute Gasteiger partial charge is 0.444 e. The molecule has 1 saturated heterocycles. The van der Waals surface area contributed by atoms with E-state index in [1.165, 1.54) is 11.1 Å². The molecule has 3 aromatic rings. The highest BCUT2D eigenvalue weighted by Crippen LogP contribution is 2.37. The molecule has 5 rings (SSSR count). The van der Waals surface area contributed by atoms with Crippen molar-refractivity contribution in [1.29, 1.82) is 0 Å². The summed E-state index contributed by atoms with van der Waals surface area (Å²) in [6.07, 6.45) is -1.87. The maximum Gasteiger partial charge on any atom is 0.410 e. The summed E-state index contributed by atoms with van der Waals surface area (Å²) in [6.45, 7) is 11.0. The number of fused-ring (bicyclic) bond motifs is 1. The Morgan fingerprint density at radius 2 is 1.79 bits per heavy atom. The molecule has 13 heteroatoms. The van der Waals surface area contributed by atoms with Crippen LogP contribution >= 0.6 is 0 Å². The van der Waals surface area contributed by atoms with E-state index in [4.69, 9.17) is 9.15 Å². The maximum atomic E-state index is 13.7. The number of carbonyl (C=O) groups is 3. The molecule has 0 N–H and O–H groups in total. The molecule has 0 aliphatic carbocycles. The van der Waals surface area contributed by atoms with Gasteiger partial charge in [0.25, 0.3) is 11.8 Å². The SMILES string of the molecule is CC(C)(C)OC(=O)N1CCN(c2ccc3c(c2)C(=O)N(Cc2ccc(-c4nnc(C(F)F)o4)cn2)C(=O)C3(C)C)CC1. The molecule has 4 heterocycles. The number of anilines is 1. The number of hydrogen-bond acceptors (Lipinski definition) is 9. The minimum absolute atomic E-state index is 0.0777. The number of piperazine rings is 1. The quantitative estimate of drug-likeness (QED) is 0.398. The number of benzene rings is 1. The molecule has 3 amide bonds. The lowest BCUT2D eigenvalue weighted by atomic mass is 9.77. The van der Waals surface area contributed by atoms with Gasteiger partial charge in [-0.25, -0.2) is 4.79 Å². The first-order valence-electron chi connectivity index (χ1n) is 13.5. The second-order valence-corrected chi connectivity index (χ2v) is 11.8. The number of carbonyl (C=O) groups excluding carboxylic acids is 3. The lowest BCUT2D eigenvalue weighted by Crippen LogP contribution is -2.52. The van der Waals surface area contributed by atoms with Gasteiger partial charge in [0, 0.05) is 43.6 Å². The van der Waals surface area contributed by atoms with E-state index >= 15 is 0 Å². The molecule has 0 atom stereocenters. The zero-order valence-electron chi connectivity index (χ0n) is 24.1. The molecule has 0 unspecified atom stereocenters. The zero-order chi connectivity index (χ0) is 30.4. The van der Waals surface area contributed by atoms with Gasteiger partial charge in [0.1, 0.15) is 5.60 Å². The molecule has 0 radical (unpaired) electrons. The van der Waals surface area contributed by atoms with Gasteiger partial charge in [-0.15, -0.1) is 10.2 Å². The summed E-state index contributed by atoms with van der Waals surface area (Å²) in [4.78, 5) is 48.8. The fourth-order valence-corrected chi connectivity index (χ4v) is 5.00. The molecule has 0 saturated carbocycles. The fraction of sp³-hybridized carbons (Fsp3) is 0.448. The number of pyridine rings is 1. The monoisotopic (exact) mass is 582 g/mol. The smallest absolute Gasteiger partial charge is 0.410 e. The van der Waals surface area contributed by atoms with E-state index in [9.17, 15) is 23.2 Å². The van der Waals surface area contributed by atoms with Crippen molar-refractivity contribution in [2.45, 2.75) is 58.6 Å². The van der Waals surface area contributed by atoms with Gasteiger partial charge in [0.15, 0.2) is 0 Å². The van der Waals surface area contributed by atoms with Gasteiger partial charge < -0.3 is 19.0 Å². The second kappa shape index (κ2) is 10.8. The lowest BCUT2D eigenvalue weighted by Gasteiger charge is -2.39. The van der Waals surface area contributed by atoms with Crippen LogP contribution in [0.2, 0.25) is 0 Å². The van der Waals surface area contributed by atoms with Gasteiger partial charge in [-0.05, 0) is 64.4 Å². The van der Waals surface area contributed by atoms with E-state index in [1.807, 2.05) is 32.9 Å². The highest BCUT2D eigenvalue weighted by atomic mass is 19.3. The highest BCUT2D eigenvalue weighted by Gasteiger charge is 2.44. The standard InChI is InChI=1S/C29H32F2N6O5/c1-28(2,3)42-27(40)36-12-10-35(11-13-36)19-8-9-21-20(14-19)25(38)37(26(39)29(21,4)5)16-18-7-6-17(15-32-18)23-33-34-24(41-23)22(30)31/h6-9,14-15,22H,10-13,16H2,1-5H3. The minimum atomic E-state index is -2.89. The van der Waals surface area contributed by atoms with Crippen LogP contribution in [-0.4, -0.2) is 74.7 Å². The predicted octanol–water partition coefficient (Wildman–Crippen LogP) is 4.59. The first-order valence-corrected chi connectivity index (χ1v) is 13.5. The Morgan fingerprint density at radius 1 is 1.07 bits per heavy atom. The number of rotatable bonds is 5. The van der Waals surface area contributed by atoms with Crippen molar-refractivity contribution >= 4 is 23.6 Å². The van der Waals surface area contributed by atoms with Crippen molar-refractivity contribution < 1.29 is 32.3 Å². The summed E-state index contributed by atoms with van der Waals surface area (Å²) in [5.41, 5.74) is 1.09. The predicted molar refractivity (Wildman–Crippen MR) is 147 cm³/mol. The molecule has 42 heavy (non-hydrogen) atoms. The van der Waals surface area contributed by atoms with Crippen LogP contribution in [0.3, 0.4) is 0 Å². The van der Waals surface area contributed by atoms with Crippen LogP contribution in [0.5, 0.6) is 0 Å². The summed E-state index contributed by atoms with van der Waals surface area (Å²) in [5.74, 6) is -1.69. The summed E-state index contributed by atoms with van der Waals surface area (Å²) in [6, 6.07) is 8.65. The first kappa shape index (κ1) is 29.1. The van der Waals surface area contributed by atoms with Gasteiger partial charge in [-0.2, -0.15) is 8.78 Å². The van der Waals surface area contributed by atoms with Gasteiger partial charge in [-0.3, -0.25) is 19.5 Å². The van der Waals surface area contributed by atoms with E-state index < -0.39 is 29.2 Å². The third-order valence-electron chi connectivity index (χ3n) is 7.25. The van der Waals surface area contributed by atoms with Crippen molar-refractivity contribution in [3.05, 3.63) is 59.2 Å². The molecule has 222 valence electrons. The van der Waals surface area contributed by atoms with Gasteiger partial charge in [0.2, 0.25) is 11.8 Å². The zero-order valence-corrected chi connectivity index (χ0v) is 24.1. The second-order valence-electron chi connectivity index (χ2n) is 11.8. The third kappa shape index (κ3) is 5.68. The highest BCUT2D eigenvalue weighted by molar-refractivity contribution is 6.13. The average molecular weight is 583 g/mol. The van der Waals surface area contributed by atoms with Crippen LogP contribution in [0.4, 0.5) is 19.3 Å². The Hall–Kier alpha value is -4.42. The van der Waals surface area contributed by atoms with E-state index in [0.29, 0.717) is 48.6 Å². The minimum Gasteiger partial charge on any atom is -0.444 e. The van der Waals surface area contributed by atoms with Crippen LogP contribution in [0.1, 0.15) is 68.6 Å². The number of alkyl halides is 2. The van der Waals surface area contributed by atoms with Crippen molar-refractivity contribution in [1.82, 2.24) is 25.0 Å². The lowest BCUT2D eigenvalue weighted by molar-refractivity contribution is -0.134. The first-order chi connectivity index (χ1) is 19.7. The van der Waals surface area contributed by atoms with Crippen molar-refractivity contribution in [2.75, 3.05) is 31.1 Å². The molecule has 2 aliphatic rings. The summed E-state index contributed by atoms with van der Waals surface area (Å²) < 4.78 is 36.0. The van der Waals surface area contributed by atoms with E-state index in [0.717, 1.165) is 5.69 Å². The van der Waals surface area contributed by atoms with Gasteiger partial charge in [-0.1, -0.05) is 6.07 Å². The number of ether oxygens (including phenoxy) is 1. The Labute approximate surface area is 241 Å². The van der Waals surface area contributed by atoms with Crippen LogP contribution < -0.4 is 4.90 Å². The summed E-state index contributed by atoms with van der Waals surface area (Å²) in [5, 5.41) is 6.92. The van der Waals surface area contributed by atoms with Crippen LogP contribution in [-0.2, 0) is 21.5 Å². The Bertz CT molecular complexity index is 1510. The van der Waals surface area contributed by atoms with Crippen molar-refractivity contribution in [3.8, 4) is 11.5 Å². The molecule has 2 aliphatic heterocycles. The summed E-state index contributed by atoms with van der Waals surface area (Å²) in [7, 11) is 0. The third-order valence-corrected chi connectivity index (χ3v) is 7.25. The fourth-order valence-electron chi connectivity index (χ4n) is 5.00. The Kier molecular flexibility index (Phi) is 7.46. The average Bonchev–Trinajstić information content (AvgIpc) is 3.45. The van der Waals surface area contributed by atoms with Crippen molar-refractivity contribution in [3.63, 3.8) is 0 Å². The van der Waals surface area contributed by atoms with E-state index in [2.05, 4.69) is 20.1 Å². The molecule has 2 aromatic heterocycles. The topological polar surface area (TPSA) is 122 Å². The van der Waals surface area contributed by atoms with Crippen molar-refractivity contribution in [2.24, 2.45) is 0 Å². The molecule has 0 spiro atoms. The van der Waals surface area contributed by atoms with E-state index in [1.54, 1.807) is 36.9 Å². The number of aromatic nitrogens is 3. The van der Waals surface area contributed by atoms with Crippen LogP contribution in [0.25, 0.3) is 11.5 Å². The summed E-state index contributed by atoms with van der Waals surface area (Å²) >= 11 is 0. The Morgan fingerprint density at radius 3 is 2.38 bits per heavy atom. The van der Waals surface area contributed by atoms with Gasteiger partial charge >= 0.3 is 12.5 Å². The molecule has 1 aromatic carbocycles.